The van der Waals surface area contributed by atoms with E-state index in [-0.39, 0.29) is 22.7 Å². The number of non-ortho nitro benzene ring substituents is 1. The van der Waals surface area contributed by atoms with Crippen molar-refractivity contribution in [1.82, 2.24) is 4.98 Å². The van der Waals surface area contributed by atoms with Gasteiger partial charge >= 0.3 is 0 Å². The van der Waals surface area contributed by atoms with Gasteiger partial charge in [-0.3, -0.25) is 19.9 Å². The second-order valence-corrected chi connectivity index (χ2v) is 5.57. The molecule has 8 heteroatoms. The van der Waals surface area contributed by atoms with Crippen LogP contribution >= 0.6 is 0 Å². The van der Waals surface area contributed by atoms with Crippen molar-refractivity contribution in [3.05, 3.63) is 69.7 Å². The number of amides is 1. The molecule has 1 N–H and O–H groups in total. The van der Waals surface area contributed by atoms with Gasteiger partial charge in [-0.25, -0.2) is 4.39 Å². The molecular weight excluding hydrogens is 341 g/mol. The zero-order valence-corrected chi connectivity index (χ0v) is 13.9. The lowest BCUT2D eigenvalue weighted by atomic mass is 10.1. The van der Waals surface area contributed by atoms with Crippen LogP contribution in [0, 0.1) is 22.9 Å². The van der Waals surface area contributed by atoms with Crippen LogP contribution in [0.25, 0.3) is 10.9 Å². The molecule has 0 radical (unpaired) electrons. The minimum atomic E-state index is -0.566. The molecule has 132 valence electrons. The second kappa shape index (κ2) is 6.75. The van der Waals surface area contributed by atoms with Crippen LogP contribution in [0.4, 0.5) is 15.8 Å². The molecule has 0 fully saturated rings. The van der Waals surface area contributed by atoms with E-state index in [0.717, 1.165) is 0 Å². The fourth-order valence-corrected chi connectivity index (χ4v) is 2.62. The molecule has 26 heavy (non-hydrogen) atoms. The molecule has 1 heterocycles. The molecule has 0 bridgehead atoms. The molecule has 0 spiro atoms. The van der Waals surface area contributed by atoms with Gasteiger partial charge in [0.2, 0.25) is 0 Å². The first-order valence-electron chi connectivity index (χ1n) is 7.59. The largest absolute Gasteiger partial charge is 0.495 e. The quantitative estimate of drug-likeness (QED) is 0.566. The van der Waals surface area contributed by atoms with E-state index in [0.29, 0.717) is 16.6 Å². The van der Waals surface area contributed by atoms with Crippen molar-refractivity contribution < 1.29 is 18.8 Å². The van der Waals surface area contributed by atoms with Crippen LogP contribution in [-0.4, -0.2) is 22.9 Å². The van der Waals surface area contributed by atoms with E-state index in [1.807, 2.05) is 0 Å². The summed E-state index contributed by atoms with van der Waals surface area (Å²) in [4.78, 5) is 27.4. The topological polar surface area (TPSA) is 94.4 Å². The number of aromatic nitrogens is 1. The Labute approximate surface area is 147 Å². The van der Waals surface area contributed by atoms with Crippen molar-refractivity contribution >= 4 is 28.2 Å². The first-order valence-corrected chi connectivity index (χ1v) is 7.59. The third-order valence-electron chi connectivity index (χ3n) is 3.79. The Morgan fingerprint density at radius 3 is 2.69 bits per heavy atom. The van der Waals surface area contributed by atoms with Gasteiger partial charge in [-0.2, -0.15) is 0 Å². The summed E-state index contributed by atoms with van der Waals surface area (Å²) in [5.41, 5.74) is 1.15. The van der Waals surface area contributed by atoms with E-state index in [4.69, 9.17) is 4.74 Å². The highest BCUT2D eigenvalue weighted by Gasteiger charge is 2.17. The molecule has 0 aliphatic carbocycles. The number of carbonyl (C=O) groups is 1. The zero-order chi connectivity index (χ0) is 18.8. The smallest absolute Gasteiger partial charge is 0.271 e. The van der Waals surface area contributed by atoms with Gasteiger partial charge in [0.05, 0.1) is 28.8 Å². The molecule has 0 aliphatic heterocycles. The molecule has 1 amide bonds. The summed E-state index contributed by atoms with van der Waals surface area (Å²) in [6, 6.07) is 9.42. The maximum absolute atomic E-state index is 13.4. The van der Waals surface area contributed by atoms with Gasteiger partial charge in [0.1, 0.15) is 11.6 Å². The number of nitrogens with one attached hydrogen (secondary N) is 1. The predicted octanol–water partition coefficient (Wildman–Crippen LogP) is 3.85. The van der Waals surface area contributed by atoms with Crippen molar-refractivity contribution in [1.29, 1.82) is 0 Å². The SMILES string of the molecule is COc1ccc([N+](=O)[O-])cc1NC(=O)c1cc(C)nc2cc(F)ccc12. The fraction of sp³-hybridized carbons (Fsp3) is 0.111. The van der Waals surface area contributed by atoms with Crippen LogP contribution in [0.2, 0.25) is 0 Å². The number of fused-ring (bicyclic) bond motifs is 1. The number of halogens is 1. The normalized spacial score (nSPS) is 10.6. The number of hydrogen-bond donors (Lipinski definition) is 1. The Balaban J connectivity index is 2.05. The zero-order valence-electron chi connectivity index (χ0n) is 13.9. The highest BCUT2D eigenvalue weighted by molar-refractivity contribution is 6.13. The minimum absolute atomic E-state index is 0.163. The lowest BCUT2D eigenvalue weighted by molar-refractivity contribution is -0.384. The van der Waals surface area contributed by atoms with Crippen LogP contribution in [0.5, 0.6) is 5.75 Å². The molecular formula is C18H14FN3O4. The number of nitro groups is 1. The minimum Gasteiger partial charge on any atom is -0.495 e. The molecule has 2 aromatic carbocycles. The monoisotopic (exact) mass is 355 g/mol. The molecule has 0 aliphatic rings. The van der Waals surface area contributed by atoms with Crippen LogP contribution in [-0.2, 0) is 0 Å². The van der Waals surface area contributed by atoms with Gasteiger partial charge in [-0.1, -0.05) is 0 Å². The number of nitrogens with zero attached hydrogens (tertiary/aromatic N) is 2. The first kappa shape index (κ1) is 17.3. The van der Waals surface area contributed by atoms with E-state index in [1.165, 1.54) is 43.5 Å². The summed E-state index contributed by atoms with van der Waals surface area (Å²) in [6.45, 7) is 1.69. The Kier molecular flexibility index (Phi) is 4.49. The molecule has 7 nitrogen and oxygen atoms in total. The standard InChI is InChI=1S/C18H14FN3O4/c1-10-7-14(13-5-3-11(19)8-15(13)20-10)18(23)21-16-9-12(22(24)25)4-6-17(16)26-2/h3-9H,1-2H3,(H,21,23). The number of pyridine rings is 1. The van der Waals surface area contributed by atoms with Gasteiger partial charge in [-0.05, 0) is 31.2 Å². The van der Waals surface area contributed by atoms with Crippen molar-refractivity contribution in [2.75, 3.05) is 12.4 Å². The van der Waals surface area contributed by atoms with Crippen molar-refractivity contribution in [2.45, 2.75) is 6.92 Å². The summed E-state index contributed by atoms with van der Waals surface area (Å²) in [5.74, 6) is -0.682. The molecule has 0 unspecified atom stereocenters. The second-order valence-electron chi connectivity index (χ2n) is 5.57. The number of benzene rings is 2. The maximum atomic E-state index is 13.4. The Bertz CT molecular complexity index is 1030. The molecule has 3 aromatic rings. The molecule has 3 rings (SSSR count). The number of carbonyl (C=O) groups excluding carboxylic acids is 1. The summed E-state index contributed by atoms with van der Waals surface area (Å²) in [6.07, 6.45) is 0. The third kappa shape index (κ3) is 3.30. The summed E-state index contributed by atoms with van der Waals surface area (Å²) < 4.78 is 18.6. The highest BCUT2D eigenvalue weighted by Crippen LogP contribution is 2.30. The molecule has 1 aromatic heterocycles. The van der Waals surface area contributed by atoms with Crippen molar-refractivity contribution in [2.24, 2.45) is 0 Å². The van der Waals surface area contributed by atoms with Gasteiger partial charge in [0.15, 0.2) is 0 Å². The summed E-state index contributed by atoms with van der Waals surface area (Å²) >= 11 is 0. The number of ether oxygens (including phenoxy) is 1. The number of anilines is 1. The lowest BCUT2D eigenvalue weighted by Crippen LogP contribution is -2.14. The van der Waals surface area contributed by atoms with Crippen LogP contribution in [0.3, 0.4) is 0 Å². The predicted molar refractivity (Wildman–Crippen MR) is 94.0 cm³/mol. The fourth-order valence-electron chi connectivity index (χ4n) is 2.62. The van der Waals surface area contributed by atoms with Gasteiger partial charge in [-0.15, -0.1) is 0 Å². The Hall–Kier alpha value is -3.55. The van der Waals surface area contributed by atoms with E-state index in [2.05, 4.69) is 10.3 Å². The number of hydrogen-bond acceptors (Lipinski definition) is 5. The number of aryl methyl sites for hydroxylation is 1. The highest BCUT2D eigenvalue weighted by atomic mass is 19.1. The van der Waals surface area contributed by atoms with E-state index >= 15 is 0 Å². The van der Waals surface area contributed by atoms with E-state index in [9.17, 15) is 19.3 Å². The molecule has 0 saturated carbocycles. The van der Waals surface area contributed by atoms with Gasteiger partial charge < -0.3 is 10.1 Å². The number of rotatable bonds is 4. The first-order chi connectivity index (χ1) is 12.4. The van der Waals surface area contributed by atoms with Crippen LogP contribution in [0.15, 0.2) is 42.5 Å². The number of methoxy groups -OCH3 is 1. The van der Waals surface area contributed by atoms with E-state index in [1.54, 1.807) is 13.0 Å². The van der Waals surface area contributed by atoms with E-state index < -0.39 is 16.6 Å². The average Bonchev–Trinajstić information content (AvgIpc) is 2.60. The Morgan fingerprint density at radius 2 is 2.00 bits per heavy atom. The van der Waals surface area contributed by atoms with Gasteiger partial charge in [0.25, 0.3) is 11.6 Å². The number of nitro benzene ring substituents is 1. The van der Waals surface area contributed by atoms with Crippen molar-refractivity contribution in [3.8, 4) is 5.75 Å². The Morgan fingerprint density at radius 1 is 1.23 bits per heavy atom. The average molecular weight is 355 g/mol. The molecule has 0 saturated heterocycles. The molecule has 0 atom stereocenters. The van der Waals surface area contributed by atoms with Crippen LogP contribution in [0.1, 0.15) is 16.1 Å². The van der Waals surface area contributed by atoms with Gasteiger partial charge in [0, 0.05) is 29.3 Å². The van der Waals surface area contributed by atoms with Crippen LogP contribution < -0.4 is 10.1 Å². The third-order valence-corrected chi connectivity index (χ3v) is 3.79. The summed E-state index contributed by atoms with van der Waals surface area (Å²) in [7, 11) is 1.39. The lowest BCUT2D eigenvalue weighted by Gasteiger charge is -2.12. The summed E-state index contributed by atoms with van der Waals surface area (Å²) in [5, 5.41) is 14.1. The van der Waals surface area contributed by atoms with Crippen molar-refractivity contribution in [3.63, 3.8) is 0 Å². The maximum Gasteiger partial charge on any atom is 0.271 e.